The molecule has 0 aliphatic rings. The number of rotatable bonds is 8. The molecule has 0 aliphatic carbocycles. The monoisotopic (exact) mass is 266 g/mol. The molecule has 0 heterocycles. The number of hydrogen-bond donors (Lipinski definition) is 1. The van der Waals surface area contributed by atoms with Gasteiger partial charge in [-0.25, -0.2) is 0 Å². The Bertz CT molecular complexity index is 448. The second-order valence-electron chi connectivity index (χ2n) is 4.18. The number of hydrogen-bond acceptors (Lipinski definition) is 5. The molecule has 0 atom stereocenters. The first-order valence-corrected chi connectivity index (χ1v) is 6.23. The summed E-state index contributed by atoms with van der Waals surface area (Å²) in [5.74, 6) is 0. The Morgan fingerprint density at radius 3 is 2.68 bits per heavy atom. The van der Waals surface area contributed by atoms with Gasteiger partial charge in [0.05, 0.1) is 11.5 Å². The van der Waals surface area contributed by atoms with Crippen molar-refractivity contribution in [1.29, 1.82) is 0 Å². The number of non-ortho nitro benzene ring substituents is 1. The van der Waals surface area contributed by atoms with Crippen molar-refractivity contribution in [2.24, 2.45) is 0 Å². The number of aliphatic hydroxyl groups is 1. The van der Waals surface area contributed by atoms with Crippen molar-refractivity contribution < 1.29 is 14.8 Å². The summed E-state index contributed by atoms with van der Waals surface area (Å²) in [6.45, 7) is 3.13. The van der Waals surface area contributed by atoms with Gasteiger partial charge in [0.2, 0.25) is 0 Å². The normalized spacial score (nSPS) is 10.2. The molecule has 0 radical (unpaired) electrons. The van der Waals surface area contributed by atoms with Crippen LogP contribution in [0.1, 0.15) is 30.1 Å². The van der Waals surface area contributed by atoms with E-state index in [1.807, 2.05) is 11.8 Å². The highest BCUT2D eigenvalue weighted by Gasteiger charge is 2.14. The number of nitro groups is 1. The van der Waals surface area contributed by atoms with Gasteiger partial charge in [0.15, 0.2) is 6.29 Å². The zero-order valence-electron chi connectivity index (χ0n) is 10.9. The van der Waals surface area contributed by atoms with Gasteiger partial charge in [0, 0.05) is 36.5 Å². The fourth-order valence-electron chi connectivity index (χ4n) is 1.86. The second kappa shape index (κ2) is 7.48. The van der Waals surface area contributed by atoms with Crippen molar-refractivity contribution in [2.75, 3.05) is 24.6 Å². The van der Waals surface area contributed by atoms with Crippen LogP contribution in [0.5, 0.6) is 0 Å². The van der Waals surface area contributed by atoms with Gasteiger partial charge in [0.25, 0.3) is 5.69 Å². The maximum absolute atomic E-state index is 11.1. The Labute approximate surface area is 111 Å². The van der Waals surface area contributed by atoms with Crippen LogP contribution in [0.2, 0.25) is 0 Å². The fourth-order valence-corrected chi connectivity index (χ4v) is 1.86. The van der Waals surface area contributed by atoms with E-state index in [-0.39, 0.29) is 17.9 Å². The summed E-state index contributed by atoms with van der Waals surface area (Å²) in [6, 6.07) is 4.20. The number of benzene rings is 1. The molecule has 1 N–H and O–H groups in total. The van der Waals surface area contributed by atoms with E-state index in [4.69, 9.17) is 5.11 Å². The highest BCUT2D eigenvalue weighted by Crippen LogP contribution is 2.24. The molecule has 1 aromatic carbocycles. The Morgan fingerprint density at radius 2 is 2.16 bits per heavy atom. The number of aliphatic hydroxyl groups excluding tert-OH is 1. The molecule has 6 nitrogen and oxygen atoms in total. The molecule has 0 amide bonds. The Morgan fingerprint density at radius 1 is 1.42 bits per heavy atom. The molecule has 0 spiro atoms. The number of carbonyl (C=O) groups excluding carboxylic acids is 1. The minimum Gasteiger partial charge on any atom is -0.395 e. The third-order valence-corrected chi connectivity index (χ3v) is 2.84. The smallest absolute Gasteiger partial charge is 0.270 e. The number of nitrogens with zero attached hydrogens (tertiary/aromatic N) is 2. The minimum atomic E-state index is -0.529. The molecule has 1 rings (SSSR count). The van der Waals surface area contributed by atoms with Gasteiger partial charge in [0.1, 0.15) is 0 Å². The summed E-state index contributed by atoms with van der Waals surface area (Å²) in [7, 11) is 0. The van der Waals surface area contributed by atoms with Crippen LogP contribution in [0.4, 0.5) is 11.4 Å². The zero-order valence-corrected chi connectivity index (χ0v) is 10.9. The van der Waals surface area contributed by atoms with Crippen molar-refractivity contribution in [3.05, 3.63) is 33.9 Å². The van der Waals surface area contributed by atoms with Crippen LogP contribution in [0, 0.1) is 10.1 Å². The molecule has 6 heteroatoms. The molecular weight excluding hydrogens is 248 g/mol. The molecular formula is C13H18N2O4. The lowest BCUT2D eigenvalue weighted by molar-refractivity contribution is -0.384. The van der Waals surface area contributed by atoms with E-state index in [0.29, 0.717) is 25.1 Å². The average Bonchev–Trinajstić information content (AvgIpc) is 2.42. The van der Waals surface area contributed by atoms with Crippen LogP contribution < -0.4 is 4.90 Å². The summed E-state index contributed by atoms with van der Waals surface area (Å²) in [4.78, 5) is 23.1. The second-order valence-corrected chi connectivity index (χ2v) is 4.18. The number of aldehydes is 1. The number of unbranched alkanes of at least 4 members (excludes halogenated alkanes) is 1. The predicted molar refractivity (Wildman–Crippen MR) is 72.7 cm³/mol. The number of anilines is 1. The lowest BCUT2D eigenvalue weighted by Gasteiger charge is -2.25. The van der Waals surface area contributed by atoms with E-state index in [1.54, 1.807) is 6.07 Å². The highest BCUT2D eigenvalue weighted by atomic mass is 16.6. The average molecular weight is 266 g/mol. The van der Waals surface area contributed by atoms with Crippen molar-refractivity contribution in [3.63, 3.8) is 0 Å². The van der Waals surface area contributed by atoms with Crippen LogP contribution in [0.15, 0.2) is 18.2 Å². The molecule has 19 heavy (non-hydrogen) atoms. The number of carbonyl (C=O) groups is 1. The van der Waals surface area contributed by atoms with Crippen molar-refractivity contribution in [1.82, 2.24) is 0 Å². The Hall–Kier alpha value is -1.95. The molecule has 0 saturated carbocycles. The van der Waals surface area contributed by atoms with E-state index in [9.17, 15) is 14.9 Å². The van der Waals surface area contributed by atoms with Gasteiger partial charge in [-0.1, -0.05) is 13.3 Å². The van der Waals surface area contributed by atoms with Gasteiger partial charge in [-0.3, -0.25) is 14.9 Å². The third kappa shape index (κ3) is 4.03. The fraction of sp³-hybridized carbons (Fsp3) is 0.462. The lowest BCUT2D eigenvalue weighted by Crippen LogP contribution is -2.28. The summed E-state index contributed by atoms with van der Waals surface area (Å²) in [5.41, 5.74) is 0.798. The van der Waals surface area contributed by atoms with Crippen LogP contribution >= 0.6 is 0 Å². The topological polar surface area (TPSA) is 83.7 Å². The molecule has 0 unspecified atom stereocenters. The first-order valence-electron chi connectivity index (χ1n) is 6.23. The standard InChI is InChI=1S/C13H18N2O4/c1-2-3-6-14(7-8-16)13-5-4-12(15(18)19)9-11(13)10-17/h4-5,9-10,16H,2-3,6-8H2,1H3. The SMILES string of the molecule is CCCCN(CCO)c1ccc([N+](=O)[O-])cc1C=O. The summed E-state index contributed by atoms with van der Waals surface area (Å²) in [5, 5.41) is 19.7. The third-order valence-electron chi connectivity index (χ3n) is 2.84. The maximum Gasteiger partial charge on any atom is 0.270 e. The largest absolute Gasteiger partial charge is 0.395 e. The quantitative estimate of drug-likeness (QED) is 0.442. The zero-order chi connectivity index (χ0) is 14.3. The van der Waals surface area contributed by atoms with Gasteiger partial charge in [-0.05, 0) is 12.5 Å². The lowest BCUT2D eigenvalue weighted by atomic mass is 10.1. The molecule has 0 bridgehead atoms. The van der Waals surface area contributed by atoms with Gasteiger partial charge >= 0.3 is 0 Å². The summed E-state index contributed by atoms with van der Waals surface area (Å²) < 4.78 is 0. The molecule has 0 aromatic heterocycles. The molecule has 0 aliphatic heterocycles. The first-order chi connectivity index (χ1) is 9.13. The van der Waals surface area contributed by atoms with Gasteiger partial charge in [-0.15, -0.1) is 0 Å². The van der Waals surface area contributed by atoms with Crippen LogP contribution in [-0.4, -0.2) is 36.0 Å². The van der Waals surface area contributed by atoms with Crippen LogP contribution in [-0.2, 0) is 0 Å². The summed E-state index contributed by atoms with van der Waals surface area (Å²) in [6.07, 6.45) is 2.53. The Kier molecular flexibility index (Phi) is 5.95. The van der Waals surface area contributed by atoms with Crippen molar-refractivity contribution in [3.8, 4) is 0 Å². The first kappa shape index (κ1) is 15.1. The highest BCUT2D eigenvalue weighted by molar-refractivity contribution is 5.86. The molecule has 1 aromatic rings. The predicted octanol–water partition coefficient (Wildman–Crippen LogP) is 2.01. The number of nitro benzene ring substituents is 1. The van der Waals surface area contributed by atoms with Gasteiger partial charge in [-0.2, -0.15) is 0 Å². The van der Waals surface area contributed by atoms with E-state index < -0.39 is 4.92 Å². The van der Waals surface area contributed by atoms with E-state index >= 15 is 0 Å². The van der Waals surface area contributed by atoms with E-state index in [1.165, 1.54) is 12.1 Å². The molecule has 0 fully saturated rings. The summed E-state index contributed by atoms with van der Waals surface area (Å²) >= 11 is 0. The Balaban J connectivity index is 3.07. The van der Waals surface area contributed by atoms with Gasteiger partial charge < -0.3 is 10.0 Å². The van der Waals surface area contributed by atoms with Crippen LogP contribution in [0.3, 0.4) is 0 Å². The molecule has 0 saturated heterocycles. The van der Waals surface area contributed by atoms with E-state index in [0.717, 1.165) is 12.8 Å². The van der Waals surface area contributed by atoms with Crippen LogP contribution in [0.25, 0.3) is 0 Å². The minimum absolute atomic E-state index is 0.0288. The van der Waals surface area contributed by atoms with Crippen molar-refractivity contribution in [2.45, 2.75) is 19.8 Å². The molecule has 104 valence electrons. The van der Waals surface area contributed by atoms with E-state index in [2.05, 4.69) is 0 Å². The maximum atomic E-state index is 11.1. The van der Waals surface area contributed by atoms with Crippen molar-refractivity contribution >= 4 is 17.7 Å².